The summed E-state index contributed by atoms with van der Waals surface area (Å²) in [5.41, 5.74) is 3.16. The number of alkyl carbamates (subject to hydrolysis) is 1. The molecule has 1 N–H and O–H groups in total. The Balaban J connectivity index is 1.60. The van der Waals surface area contributed by atoms with E-state index < -0.39 is 12.1 Å². The number of hydrogen-bond acceptors (Lipinski definition) is 9. The molecule has 0 bridgehead atoms. The lowest BCUT2D eigenvalue weighted by Crippen LogP contribution is -2.26. The van der Waals surface area contributed by atoms with Gasteiger partial charge < -0.3 is 38.5 Å². The second-order valence-electron chi connectivity index (χ2n) is 8.55. The third-order valence-corrected chi connectivity index (χ3v) is 6.22. The number of fused-ring (bicyclic) bond motifs is 1. The standard InChI is InChI=1S/C30H31NO9/c1-34-23-13-11-20(25(27(23)36-3)29(32)37-4)10-12-22-21(16-24-28(26(22)35-2)40-18-39-24)14-15-31-30(33)38-17-19-8-6-5-7-9-19/h5-13,16H,14-15,17-18H2,1-4H3,(H,31,33)/b12-10+. The highest BCUT2D eigenvalue weighted by molar-refractivity contribution is 5.99. The first kappa shape index (κ1) is 28.2. The molecule has 1 amide bonds. The van der Waals surface area contributed by atoms with Gasteiger partial charge in [-0.3, -0.25) is 0 Å². The number of benzene rings is 3. The van der Waals surface area contributed by atoms with Gasteiger partial charge >= 0.3 is 12.1 Å². The van der Waals surface area contributed by atoms with Gasteiger partial charge in [0.15, 0.2) is 23.0 Å². The number of esters is 1. The first-order valence-electron chi connectivity index (χ1n) is 12.5. The van der Waals surface area contributed by atoms with Crippen molar-refractivity contribution in [2.75, 3.05) is 41.8 Å². The maximum Gasteiger partial charge on any atom is 0.407 e. The van der Waals surface area contributed by atoms with Crippen molar-refractivity contribution in [3.8, 4) is 28.7 Å². The second kappa shape index (κ2) is 13.3. The molecule has 1 aliphatic heterocycles. The average molecular weight is 550 g/mol. The molecule has 0 fully saturated rings. The number of methoxy groups -OCH3 is 4. The number of ether oxygens (including phenoxy) is 7. The zero-order valence-corrected chi connectivity index (χ0v) is 22.8. The molecule has 210 valence electrons. The fourth-order valence-electron chi connectivity index (χ4n) is 4.31. The fraction of sp³-hybridized carbons (Fsp3) is 0.267. The Morgan fingerprint density at radius 2 is 1.70 bits per heavy atom. The summed E-state index contributed by atoms with van der Waals surface area (Å²) in [6, 6.07) is 14.7. The van der Waals surface area contributed by atoms with Crippen LogP contribution in [0.1, 0.15) is 32.6 Å². The van der Waals surface area contributed by atoms with Crippen molar-refractivity contribution in [2.24, 2.45) is 0 Å². The molecule has 10 heteroatoms. The lowest BCUT2D eigenvalue weighted by molar-refractivity contribution is 0.0596. The monoisotopic (exact) mass is 549 g/mol. The predicted molar refractivity (Wildman–Crippen MR) is 147 cm³/mol. The number of amides is 1. The molecule has 3 aromatic carbocycles. The fourth-order valence-corrected chi connectivity index (χ4v) is 4.31. The Kier molecular flexibility index (Phi) is 9.35. The van der Waals surface area contributed by atoms with Crippen molar-refractivity contribution >= 4 is 24.2 Å². The van der Waals surface area contributed by atoms with Crippen LogP contribution in [0.25, 0.3) is 12.2 Å². The second-order valence-corrected chi connectivity index (χ2v) is 8.55. The molecule has 10 nitrogen and oxygen atoms in total. The van der Waals surface area contributed by atoms with Gasteiger partial charge in [0.25, 0.3) is 0 Å². The third kappa shape index (κ3) is 6.23. The number of carbonyl (C=O) groups is 2. The van der Waals surface area contributed by atoms with Crippen molar-refractivity contribution in [1.82, 2.24) is 5.32 Å². The van der Waals surface area contributed by atoms with Gasteiger partial charge in [0.2, 0.25) is 12.5 Å². The summed E-state index contributed by atoms with van der Waals surface area (Å²) >= 11 is 0. The Labute approximate surface area is 232 Å². The zero-order chi connectivity index (χ0) is 28.5. The summed E-state index contributed by atoms with van der Waals surface area (Å²) in [7, 11) is 5.78. The average Bonchev–Trinajstić information content (AvgIpc) is 3.46. The van der Waals surface area contributed by atoms with Crippen LogP contribution < -0.4 is 29.0 Å². The molecular formula is C30H31NO9. The minimum Gasteiger partial charge on any atom is -0.493 e. The van der Waals surface area contributed by atoms with E-state index in [4.69, 9.17) is 33.2 Å². The normalized spacial score (nSPS) is 11.7. The number of hydrogen-bond donors (Lipinski definition) is 1. The summed E-state index contributed by atoms with van der Waals surface area (Å²) in [5, 5.41) is 2.78. The summed E-state index contributed by atoms with van der Waals surface area (Å²) in [5.74, 6) is 1.55. The molecule has 0 spiro atoms. The summed E-state index contributed by atoms with van der Waals surface area (Å²) in [4.78, 5) is 25.0. The van der Waals surface area contributed by atoms with Crippen LogP contribution in [0.15, 0.2) is 48.5 Å². The van der Waals surface area contributed by atoms with E-state index in [1.54, 1.807) is 24.3 Å². The molecule has 1 aliphatic rings. The predicted octanol–water partition coefficient (Wildman–Crippen LogP) is 4.87. The van der Waals surface area contributed by atoms with Gasteiger partial charge in [-0.15, -0.1) is 0 Å². The summed E-state index contributed by atoms with van der Waals surface area (Å²) in [6.45, 7) is 0.526. The molecule has 40 heavy (non-hydrogen) atoms. The molecule has 0 aromatic heterocycles. The largest absolute Gasteiger partial charge is 0.493 e. The molecule has 0 saturated heterocycles. The van der Waals surface area contributed by atoms with Crippen LogP contribution in [-0.4, -0.2) is 53.8 Å². The van der Waals surface area contributed by atoms with E-state index >= 15 is 0 Å². The molecule has 0 aliphatic carbocycles. The third-order valence-electron chi connectivity index (χ3n) is 6.22. The highest BCUT2D eigenvalue weighted by atomic mass is 16.7. The Hall–Kier alpha value is -4.86. The van der Waals surface area contributed by atoms with Gasteiger partial charge in [0.05, 0.1) is 28.4 Å². The first-order valence-corrected chi connectivity index (χ1v) is 12.5. The van der Waals surface area contributed by atoms with Crippen LogP contribution in [0, 0.1) is 0 Å². The lowest BCUT2D eigenvalue weighted by Gasteiger charge is -2.16. The van der Waals surface area contributed by atoms with E-state index in [1.807, 2.05) is 36.4 Å². The van der Waals surface area contributed by atoms with Crippen LogP contribution in [0.3, 0.4) is 0 Å². The van der Waals surface area contributed by atoms with Gasteiger partial charge in [-0.2, -0.15) is 0 Å². The topological polar surface area (TPSA) is 111 Å². The Morgan fingerprint density at radius 1 is 0.925 bits per heavy atom. The number of nitrogens with one attached hydrogen (secondary N) is 1. The molecular weight excluding hydrogens is 518 g/mol. The number of rotatable bonds is 11. The maximum absolute atomic E-state index is 12.7. The maximum atomic E-state index is 12.7. The van der Waals surface area contributed by atoms with E-state index in [2.05, 4.69) is 5.32 Å². The number of carbonyl (C=O) groups excluding carboxylic acids is 2. The van der Waals surface area contributed by atoms with Crippen LogP contribution >= 0.6 is 0 Å². The van der Waals surface area contributed by atoms with Crippen molar-refractivity contribution in [2.45, 2.75) is 13.0 Å². The van der Waals surface area contributed by atoms with Crippen LogP contribution in [0.4, 0.5) is 4.79 Å². The molecule has 0 radical (unpaired) electrons. The Bertz CT molecular complexity index is 1390. The summed E-state index contributed by atoms with van der Waals surface area (Å²) < 4.78 is 38.1. The van der Waals surface area contributed by atoms with Crippen LogP contribution in [0.2, 0.25) is 0 Å². The van der Waals surface area contributed by atoms with Gasteiger partial charge in [0.1, 0.15) is 12.2 Å². The van der Waals surface area contributed by atoms with Gasteiger partial charge in [-0.1, -0.05) is 48.6 Å². The first-order chi connectivity index (χ1) is 19.5. The summed E-state index contributed by atoms with van der Waals surface area (Å²) in [6.07, 6.45) is 3.46. The van der Waals surface area contributed by atoms with Gasteiger partial charge in [-0.05, 0) is 35.2 Å². The molecule has 3 aromatic rings. The minimum absolute atomic E-state index is 0.0600. The van der Waals surface area contributed by atoms with E-state index in [0.717, 1.165) is 11.1 Å². The van der Waals surface area contributed by atoms with E-state index in [1.165, 1.54) is 28.4 Å². The van der Waals surface area contributed by atoms with Crippen molar-refractivity contribution < 1.29 is 42.7 Å². The quantitative estimate of drug-likeness (QED) is 0.265. The van der Waals surface area contributed by atoms with Crippen molar-refractivity contribution in [3.63, 3.8) is 0 Å². The van der Waals surface area contributed by atoms with Crippen LogP contribution in [0.5, 0.6) is 28.7 Å². The SMILES string of the molecule is COC(=O)c1c(/C=C/c2c(CCNC(=O)OCc3ccccc3)cc3c(c2OC)OCO3)ccc(OC)c1OC. The molecule has 0 atom stereocenters. The Morgan fingerprint density at radius 3 is 2.40 bits per heavy atom. The van der Waals surface area contributed by atoms with E-state index in [0.29, 0.717) is 47.1 Å². The lowest BCUT2D eigenvalue weighted by atomic mass is 9.99. The van der Waals surface area contributed by atoms with Crippen LogP contribution in [-0.2, 0) is 22.5 Å². The smallest absolute Gasteiger partial charge is 0.407 e. The van der Waals surface area contributed by atoms with Gasteiger partial charge in [0, 0.05) is 12.1 Å². The van der Waals surface area contributed by atoms with E-state index in [9.17, 15) is 9.59 Å². The van der Waals surface area contributed by atoms with E-state index in [-0.39, 0.29) is 24.7 Å². The molecule has 0 saturated carbocycles. The van der Waals surface area contributed by atoms with Gasteiger partial charge in [-0.25, -0.2) is 9.59 Å². The van der Waals surface area contributed by atoms with Crippen molar-refractivity contribution in [3.05, 3.63) is 76.3 Å². The molecule has 0 unspecified atom stereocenters. The molecule has 1 heterocycles. The molecule has 4 rings (SSSR count). The highest BCUT2D eigenvalue weighted by Gasteiger charge is 2.25. The highest BCUT2D eigenvalue weighted by Crippen LogP contribution is 2.46. The minimum atomic E-state index is -0.577. The van der Waals surface area contributed by atoms with Crippen molar-refractivity contribution in [1.29, 1.82) is 0 Å². The zero-order valence-electron chi connectivity index (χ0n) is 22.8.